The number of para-hydroxylation sites is 1. The van der Waals surface area contributed by atoms with Gasteiger partial charge in [-0.3, -0.25) is 4.79 Å². The fourth-order valence-corrected chi connectivity index (χ4v) is 3.93. The van der Waals surface area contributed by atoms with Crippen molar-refractivity contribution in [2.24, 2.45) is 0 Å². The van der Waals surface area contributed by atoms with Gasteiger partial charge in [-0.2, -0.15) is 0 Å². The van der Waals surface area contributed by atoms with Crippen LogP contribution in [0.4, 0.5) is 5.69 Å². The maximum absolute atomic E-state index is 13.5. The van der Waals surface area contributed by atoms with E-state index in [9.17, 15) is 4.79 Å². The highest BCUT2D eigenvalue weighted by molar-refractivity contribution is 6.17. The average Bonchev–Trinajstić information content (AvgIpc) is 3.25. The fourth-order valence-electron chi connectivity index (χ4n) is 3.93. The Kier molecular flexibility index (Phi) is 4.18. The van der Waals surface area contributed by atoms with E-state index >= 15 is 0 Å². The third-order valence-electron chi connectivity index (χ3n) is 5.13. The maximum atomic E-state index is 13.5. The van der Waals surface area contributed by atoms with Gasteiger partial charge in [-0.1, -0.05) is 18.2 Å². The highest BCUT2D eigenvalue weighted by Gasteiger charge is 2.33. The minimum absolute atomic E-state index is 0.0655. The van der Waals surface area contributed by atoms with Gasteiger partial charge in [0.05, 0.1) is 37.8 Å². The zero-order valence-electron chi connectivity index (χ0n) is 15.8. The Balaban J connectivity index is 1.89. The lowest BCUT2D eigenvalue weighted by Gasteiger charge is -2.23. The quantitative estimate of drug-likeness (QED) is 0.763. The van der Waals surface area contributed by atoms with E-state index < -0.39 is 0 Å². The van der Waals surface area contributed by atoms with Crippen LogP contribution in [0.3, 0.4) is 0 Å². The monoisotopic (exact) mass is 366 g/mol. The molecule has 1 aromatic heterocycles. The number of ether oxygens (including phenoxy) is 3. The van der Waals surface area contributed by atoms with E-state index in [1.807, 2.05) is 29.2 Å². The van der Waals surface area contributed by atoms with E-state index in [4.69, 9.17) is 14.2 Å². The lowest BCUT2D eigenvalue weighted by Crippen LogP contribution is -2.35. The molecule has 2 aromatic carbocycles. The SMILES string of the molecule is COc1cc2[nH]cc(C(=O)N3c4ccccc4CC3C)c2c(OC)c1OC. The van der Waals surface area contributed by atoms with E-state index in [-0.39, 0.29) is 11.9 Å². The van der Waals surface area contributed by atoms with Gasteiger partial charge in [-0.05, 0) is 25.0 Å². The number of aromatic amines is 1. The van der Waals surface area contributed by atoms with E-state index in [0.29, 0.717) is 28.2 Å². The van der Waals surface area contributed by atoms with Crippen molar-refractivity contribution in [1.29, 1.82) is 0 Å². The maximum Gasteiger partial charge on any atom is 0.260 e. The van der Waals surface area contributed by atoms with E-state index in [2.05, 4.69) is 18.0 Å². The molecule has 0 saturated heterocycles. The first-order chi connectivity index (χ1) is 13.1. The van der Waals surface area contributed by atoms with Crippen LogP contribution in [-0.4, -0.2) is 38.3 Å². The molecule has 6 nitrogen and oxygen atoms in total. The van der Waals surface area contributed by atoms with Crippen molar-refractivity contribution < 1.29 is 19.0 Å². The number of fused-ring (bicyclic) bond motifs is 2. The highest BCUT2D eigenvalue weighted by atomic mass is 16.5. The second kappa shape index (κ2) is 6.54. The number of aromatic nitrogens is 1. The van der Waals surface area contributed by atoms with Gasteiger partial charge in [-0.25, -0.2) is 0 Å². The predicted molar refractivity (Wildman–Crippen MR) is 104 cm³/mol. The third kappa shape index (κ3) is 2.51. The molecule has 3 aromatic rings. The Morgan fingerprint density at radius 3 is 2.56 bits per heavy atom. The Labute approximate surface area is 157 Å². The molecule has 0 bridgehead atoms. The summed E-state index contributed by atoms with van der Waals surface area (Å²) in [5, 5.41) is 0.691. The first kappa shape index (κ1) is 17.3. The molecular formula is C21H22N2O4. The lowest BCUT2D eigenvalue weighted by atomic mass is 10.1. The summed E-state index contributed by atoms with van der Waals surface area (Å²) in [5.41, 5.74) is 3.45. The lowest BCUT2D eigenvalue weighted by molar-refractivity contribution is 0.0983. The van der Waals surface area contributed by atoms with Crippen LogP contribution in [0.2, 0.25) is 0 Å². The first-order valence-corrected chi connectivity index (χ1v) is 8.82. The number of anilines is 1. The summed E-state index contributed by atoms with van der Waals surface area (Å²) in [7, 11) is 4.69. The number of nitrogens with one attached hydrogen (secondary N) is 1. The van der Waals surface area contributed by atoms with Crippen LogP contribution in [0.15, 0.2) is 36.5 Å². The Morgan fingerprint density at radius 1 is 1.11 bits per heavy atom. The number of hydrogen-bond donors (Lipinski definition) is 1. The molecule has 0 aliphatic carbocycles. The smallest absolute Gasteiger partial charge is 0.260 e. The van der Waals surface area contributed by atoms with Crippen LogP contribution >= 0.6 is 0 Å². The molecule has 2 heterocycles. The summed E-state index contributed by atoms with van der Waals surface area (Å²) < 4.78 is 16.5. The molecule has 27 heavy (non-hydrogen) atoms. The summed E-state index contributed by atoms with van der Waals surface area (Å²) in [4.78, 5) is 18.5. The van der Waals surface area contributed by atoms with E-state index in [1.165, 1.54) is 5.56 Å². The topological polar surface area (TPSA) is 63.8 Å². The van der Waals surface area contributed by atoms with E-state index in [1.54, 1.807) is 27.5 Å². The molecule has 0 saturated carbocycles. The standard InChI is InChI=1S/C21H22N2O4/c1-12-9-13-7-5-6-8-16(13)23(12)21(24)14-11-22-15-10-17(25-2)19(26-3)20(27-4)18(14)15/h5-8,10-12,22H,9H2,1-4H3. The van der Waals surface area contributed by atoms with Crippen LogP contribution in [-0.2, 0) is 6.42 Å². The van der Waals surface area contributed by atoms with Crippen molar-refractivity contribution in [2.45, 2.75) is 19.4 Å². The van der Waals surface area contributed by atoms with Gasteiger partial charge < -0.3 is 24.1 Å². The molecule has 1 N–H and O–H groups in total. The average molecular weight is 366 g/mol. The molecule has 140 valence electrons. The Hall–Kier alpha value is -3.15. The fraction of sp³-hybridized carbons (Fsp3) is 0.286. The van der Waals surface area contributed by atoms with Crippen molar-refractivity contribution in [3.8, 4) is 17.2 Å². The molecule has 1 atom stereocenters. The molecule has 1 aliphatic rings. The number of H-pyrrole nitrogens is 1. The van der Waals surface area contributed by atoms with Gasteiger partial charge in [0.25, 0.3) is 5.91 Å². The summed E-state index contributed by atoms with van der Waals surface area (Å²) in [6.45, 7) is 2.06. The summed E-state index contributed by atoms with van der Waals surface area (Å²) in [6, 6.07) is 9.93. The van der Waals surface area contributed by atoms with Gasteiger partial charge in [0.1, 0.15) is 0 Å². The van der Waals surface area contributed by atoms with Crippen LogP contribution in [0.25, 0.3) is 10.9 Å². The number of hydrogen-bond acceptors (Lipinski definition) is 4. The van der Waals surface area contributed by atoms with E-state index in [0.717, 1.165) is 17.6 Å². The van der Waals surface area contributed by atoms with Gasteiger partial charge in [0.15, 0.2) is 11.5 Å². The third-order valence-corrected chi connectivity index (χ3v) is 5.13. The molecular weight excluding hydrogens is 344 g/mol. The number of benzene rings is 2. The number of nitrogens with zero attached hydrogens (tertiary/aromatic N) is 1. The van der Waals surface area contributed by atoms with Crippen molar-refractivity contribution in [3.05, 3.63) is 47.7 Å². The summed E-state index contributed by atoms with van der Waals surface area (Å²) in [5.74, 6) is 1.43. The minimum atomic E-state index is -0.0655. The molecule has 0 fully saturated rings. The van der Waals surface area contributed by atoms with Crippen molar-refractivity contribution >= 4 is 22.5 Å². The van der Waals surface area contributed by atoms with Gasteiger partial charge >= 0.3 is 0 Å². The minimum Gasteiger partial charge on any atom is -0.493 e. The zero-order valence-corrected chi connectivity index (χ0v) is 15.8. The molecule has 4 rings (SSSR count). The highest BCUT2D eigenvalue weighted by Crippen LogP contribution is 2.45. The Morgan fingerprint density at radius 2 is 1.85 bits per heavy atom. The summed E-state index contributed by atoms with van der Waals surface area (Å²) in [6.07, 6.45) is 2.57. The molecule has 1 unspecified atom stereocenters. The largest absolute Gasteiger partial charge is 0.493 e. The second-order valence-electron chi connectivity index (χ2n) is 6.63. The molecule has 1 aliphatic heterocycles. The second-order valence-corrected chi connectivity index (χ2v) is 6.63. The number of methoxy groups -OCH3 is 3. The molecule has 1 amide bonds. The summed E-state index contributed by atoms with van der Waals surface area (Å²) >= 11 is 0. The van der Waals surface area contributed by atoms with Gasteiger partial charge in [0.2, 0.25) is 5.75 Å². The predicted octanol–water partition coefficient (Wildman–Crippen LogP) is 3.79. The van der Waals surface area contributed by atoms with Crippen LogP contribution in [0.1, 0.15) is 22.8 Å². The van der Waals surface area contributed by atoms with Gasteiger partial charge in [0, 0.05) is 24.0 Å². The van der Waals surface area contributed by atoms with Crippen LogP contribution in [0, 0.1) is 0 Å². The van der Waals surface area contributed by atoms with Crippen molar-refractivity contribution in [1.82, 2.24) is 4.98 Å². The number of carbonyl (C=O) groups excluding carboxylic acids is 1. The number of amides is 1. The van der Waals surface area contributed by atoms with Gasteiger partial charge in [-0.15, -0.1) is 0 Å². The first-order valence-electron chi connectivity index (χ1n) is 8.82. The Bertz CT molecular complexity index is 1020. The van der Waals surface area contributed by atoms with Crippen LogP contribution in [0.5, 0.6) is 17.2 Å². The molecule has 0 radical (unpaired) electrons. The number of carbonyl (C=O) groups is 1. The number of rotatable bonds is 4. The van der Waals surface area contributed by atoms with Crippen LogP contribution < -0.4 is 19.1 Å². The molecule has 0 spiro atoms. The normalized spacial score (nSPS) is 15.7. The molecule has 6 heteroatoms. The van der Waals surface area contributed by atoms with Crippen molar-refractivity contribution in [3.63, 3.8) is 0 Å². The van der Waals surface area contributed by atoms with Crippen molar-refractivity contribution in [2.75, 3.05) is 26.2 Å². The zero-order chi connectivity index (χ0) is 19.1.